The molecule has 1 unspecified atom stereocenters. The SMILES string of the molecule is Cl.O=C(NCc1sccc1Br)C1CCCNC1. The van der Waals surface area contributed by atoms with Crippen LogP contribution in [0.4, 0.5) is 0 Å². The van der Waals surface area contributed by atoms with E-state index in [1.807, 2.05) is 11.4 Å². The Hall–Kier alpha value is -0.100. The van der Waals surface area contributed by atoms with Crippen molar-refractivity contribution >= 4 is 45.6 Å². The van der Waals surface area contributed by atoms with Crippen molar-refractivity contribution in [2.45, 2.75) is 19.4 Å². The predicted octanol–water partition coefficient (Wildman–Crippen LogP) is 2.55. The van der Waals surface area contributed by atoms with E-state index in [9.17, 15) is 4.79 Å². The minimum absolute atomic E-state index is 0. The number of hydrogen-bond donors (Lipinski definition) is 2. The topological polar surface area (TPSA) is 41.1 Å². The Morgan fingerprint density at radius 2 is 2.47 bits per heavy atom. The zero-order chi connectivity index (χ0) is 11.4. The van der Waals surface area contributed by atoms with Gasteiger partial charge in [0, 0.05) is 15.9 Å². The van der Waals surface area contributed by atoms with Crippen LogP contribution in [0.25, 0.3) is 0 Å². The molecule has 1 aliphatic rings. The fraction of sp³-hybridized carbons (Fsp3) is 0.545. The van der Waals surface area contributed by atoms with Crippen molar-refractivity contribution in [1.29, 1.82) is 0 Å². The first kappa shape index (κ1) is 15.0. The zero-order valence-corrected chi connectivity index (χ0v) is 12.6. The van der Waals surface area contributed by atoms with Crippen LogP contribution in [-0.2, 0) is 11.3 Å². The molecule has 1 aromatic rings. The average Bonchev–Trinajstić information content (AvgIpc) is 2.73. The van der Waals surface area contributed by atoms with Crippen LogP contribution in [-0.4, -0.2) is 19.0 Å². The van der Waals surface area contributed by atoms with E-state index in [2.05, 4.69) is 26.6 Å². The number of amides is 1. The average molecular weight is 340 g/mol. The van der Waals surface area contributed by atoms with Crippen molar-refractivity contribution < 1.29 is 4.79 Å². The molecule has 2 N–H and O–H groups in total. The molecule has 0 radical (unpaired) electrons. The number of piperidine rings is 1. The van der Waals surface area contributed by atoms with Gasteiger partial charge in [0.15, 0.2) is 0 Å². The molecule has 1 aromatic heterocycles. The third-order valence-electron chi connectivity index (χ3n) is 2.78. The second-order valence-electron chi connectivity index (χ2n) is 3.95. The summed E-state index contributed by atoms with van der Waals surface area (Å²) in [5, 5.41) is 8.27. The highest BCUT2D eigenvalue weighted by Crippen LogP contribution is 2.22. The van der Waals surface area contributed by atoms with Gasteiger partial charge in [-0.15, -0.1) is 23.7 Å². The van der Waals surface area contributed by atoms with Crippen LogP contribution in [0.2, 0.25) is 0 Å². The van der Waals surface area contributed by atoms with Gasteiger partial charge in [-0.3, -0.25) is 4.79 Å². The molecule has 0 spiro atoms. The monoisotopic (exact) mass is 338 g/mol. The molecule has 0 saturated carbocycles. The third kappa shape index (κ3) is 4.25. The summed E-state index contributed by atoms with van der Waals surface area (Å²) in [5.41, 5.74) is 0. The van der Waals surface area contributed by atoms with Crippen LogP contribution in [0.5, 0.6) is 0 Å². The van der Waals surface area contributed by atoms with E-state index in [1.54, 1.807) is 11.3 Å². The van der Waals surface area contributed by atoms with Crippen LogP contribution >= 0.6 is 39.7 Å². The lowest BCUT2D eigenvalue weighted by atomic mass is 9.99. The van der Waals surface area contributed by atoms with Gasteiger partial charge in [0.2, 0.25) is 5.91 Å². The molecule has 96 valence electrons. The second-order valence-corrected chi connectivity index (χ2v) is 5.81. The minimum Gasteiger partial charge on any atom is -0.351 e. The fourth-order valence-electron chi connectivity index (χ4n) is 1.84. The van der Waals surface area contributed by atoms with Gasteiger partial charge in [-0.05, 0) is 46.8 Å². The van der Waals surface area contributed by atoms with E-state index in [-0.39, 0.29) is 24.2 Å². The Morgan fingerprint density at radius 1 is 1.65 bits per heavy atom. The van der Waals surface area contributed by atoms with Gasteiger partial charge in [-0.2, -0.15) is 0 Å². The fourth-order valence-corrected chi connectivity index (χ4v) is 3.27. The highest BCUT2D eigenvalue weighted by molar-refractivity contribution is 9.10. The van der Waals surface area contributed by atoms with Crippen LogP contribution < -0.4 is 10.6 Å². The Bertz CT molecular complexity index is 366. The number of carbonyl (C=O) groups excluding carboxylic acids is 1. The van der Waals surface area contributed by atoms with Crippen molar-refractivity contribution in [3.63, 3.8) is 0 Å². The number of thiophene rings is 1. The van der Waals surface area contributed by atoms with E-state index in [1.165, 1.54) is 4.88 Å². The Kier molecular flexibility index (Phi) is 6.48. The van der Waals surface area contributed by atoms with Gasteiger partial charge < -0.3 is 10.6 Å². The normalized spacial score (nSPS) is 19.5. The quantitative estimate of drug-likeness (QED) is 0.888. The number of hydrogen-bond acceptors (Lipinski definition) is 3. The summed E-state index contributed by atoms with van der Waals surface area (Å²) < 4.78 is 1.08. The highest BCUT2D eigenvalue weighted by atomic mass is 79.9. The molecule has 0 bridgehead atoms. The largest absolute Gasteiger partial charge is 0.351 e. The minimum atomic E-state index is 0. The Morgan fingerprint density at radius 3 is 3.06 bits per heavy atom. The van der Waals surface area contributed by atoms with Crippen molar-refractivity contribution in [3.8, 4) is 0 Å². The standard InChI is InChI=1S/C11H15BrN2OS.ClH/c12-9-3-5-16-10(9)7-14-11(15)8-2-1-4-13-6-8;/h3,5,8,13H,1-2,4,6-7H2,(H,14,15);1H. The smallest absolute Gasteiger partial charge is 0.224 e. The van der Waals surface area contributed by atoms with Crippen LogP contribution in [0, 0.1) is 5.92 Å². The van der Waals surface area contributed by atoms with Crippen molar-refractivity contribution in [1.82, 2.24) is 10.6 Å². The highest BCUT2D eigenvalue weighted by Gasteiger charge is 2.20. The van der Waals surface area contributed by atoms with E-state index >= 15 is 0 Å². The van der Waals surface area contributed by atoms with Crippen LogP contribution in [0.15, 0.2) is 15.9 Å². The molecule has 1 aliphatic heterocycles. The summed E-state index contributed by atoms with van der Waals surface area (Å²) in [6.07, 6.45) is 2.10. The van der Waals surface area contributed by atoms with E-state index in [0.717, 1.165) is 30.4 Å². The maximum atomic E-state index is 11.8. The van der Waals surface area contributed by atoms with Crippen LogP contribution in [0.1, 0.15) is 17.7 Å². The molecule has 0 aromatic carbocycles. The second kappa shape index (κ2) is 7.36. The summed E-state index contributed by atoms with van der Waals surface area (Å²) in [4.78, 5) is 13.0. The zero-order valence-electron chi connectivity index (χ0n) is 9.37. The van der Waals surface area contributed by atoms with E-state index in [4.69, 9.17) is 0 Å². The molecule has 1 atom stereocenters. The van der Waals surface area contributed by atoms with Gasteiger partial charge in [0.25, 0.3) is 0 Å². The van der Waals surface area contributed by atoms with Gasteiger partial charge in [-0.1, -0.05) is 0 Å². The maximum Gasteiger partial charge on any atom is 0.224 e. The van der Waals surface area contributed by atoms with E-state index < -0.39 is 0 Å². The lowest BCUT2D eigenvalue weighted by Gasteiger charge is -2.21. The third-order valence-corrected chi connectivity index (χ3v) is 4.71. The summed E-state index contributed by atoms with van der Waals surface area (Å²) >= 11 is 5.12. The summed E-state index contributed by atoms with van der Waals surface area (Å²) in [6.45, 7) is 2.49. The lowest BCUT2D eigenvalue weighted by Crippen LogP contribution is -2.40. The molecule has 2 heterocycles. The van der Waals surface area contributed by atoms with E-state index in [0.29, 0.717) is 6.54 Å². The number of carbonyl (C=O) groups is 1. The lowest BCUT2D eigenvalue weighted by molar-refractivity contribution is -0.125. The van der Waals surface area contributed by atoms with Gasteiger partial charge in [0.05, 0.1) is 12.5 Å². The maximum absolute atomic E-state index is 11.8. The summed E-state index contributed by atoms with van der Waals surface area (Å²) in [6, 6.07) is 2.01. The van der Waals surface area contributed by atoms with Crippen molar-refractivity contribution in [2.24, 2.45) is 5.92 Å². The number of halogens is 2. The molecule has 17 heavy (non-hydrogen) atoms. The molecule has 1 amide bonds. The molecule has 1 saturated heterocycles. The van der Waals surface area contributed by atoms with Crippen LogP contribution in [0.3, 0.4) is 0 Å². The van der Waals surface area contributed by atoms with Gasteiger partial charge in [-0.25, -0.2) is 0 Å². The first-order valence-corrected chi connectivity index (χ1v) is 7.15. The number of nitrogens with one attached hydrogen (secondary N) is 2. The molecule has 2 rings (SSSR count). The molecule has 3 nitrogen and oxygen atoms in total. The van der Waals surface area contributed by atoms with Gasteiger partial charge >= 0.3 is 0 Å². The molecular weight excluding hydrogens is 324 g/mol. The predicted molar refractivity (Wildman–Crippen MR) is 76.7 cm³/mol. The molecule has 1 fully saturated rings. The molecule has 0 aliphatic carbocycles. The molecular formula is C11H16BrClN2OS. The van der Waals surface area contributed by atoms with Crippen molar-refractivity contribution in [2.75, 3.05) is 13.1 Å². The summed E-state index contributed by atoms with van der Waals surface area (Å²) in [5.74, 6) is 0.319. The van der Waals surface area contributed by atoms with Crippen molar-refractivity contribution in [3.05, 3.63) is 20.8 Å². The first-order chi connectivity index (χ1) is 7.77. The first-order valence-electron chi connectivity index (χ1n) is 5.47. The Balaban J connectivity index is 0.00000144. The number of rotatable bonds is 3. The summed E-state index contributed by atoms with van der Waals surface area (Å²) in [7, 11) is 0. The Labute approximate surface area is 120 Å². The van der Waals surface area contributed by atoms with Gasteiger partial charge in [0.1, 0.15) is 0 Å². The molecule has 6 heteroatoms.